The number of hydrogen-bond donors (Lipinski definition) is 5. The van der Waals surface area contributed by atoms with Gasteiger partial charge in [-0.2, -0.15) is 22.0 Å². The number of alkyl halides is 5. The van der Waals surface area contributed by atoms with Gasteiger partial charge in [-0.1, -0.05) is 24.0 Å². The van der Waals surface area contributed by atoms with Crippen molar-refractivity contribution in [3.05, 3.63) is 100 Å². The standard InChI is InChI=1S/C44H49F7N8O5/c1-43(2,44(49,50)51)39(57-42(62)63-3)40(61)56-36(37(60)20-53-19-32-33(45)15-28(16-34(32)46)35(52)12-13-54-41(47)48)14-26-7-4-25(5-8-26)6-9-27-10-11-38(55-18-27)58-21-29-17-30(22-58)59(29)31-23-64-24-31/h4-5,7-8,10-13,15-16,18,29-31,36-37,39,41,53,60H,14,17,19-24,52H2,1-3H3,(H,56,61)(H,57,62)/t29?,30?,36-,37-,39?/m0/s1. The molecule has 3 unspecified atom stereocenters. The molecule has 1 aromatic heterocycles. The predicted molar refractivity (Wildman–Crippen MR) is 223 cm³/mol. The summed E-state index contributed by atoms with van der Waals surface area (Å²) in [7, 11) is 0.915. The Kier molecular flexibility index (Phi) is 15.2. The highest BCUT2D eigenvalue weighted by Crippen LogP contribution is 2.41. The summed E-state index contributed by atoms with van der Waals surface area (Å²) in [6.45, 7) is 0.903. The number of alkyl carbamates (subject to hydrolysis) is 1. The number of pyridine rings is 1. The smallest absolute Gasteiger partial charge is 0.407 e. The van der Waals surface area contributed by atoms with Crippen LogP contribution in [0, 0.1) is 28.9 Å². The summed E-state index contributed by atoms with van der Waals surface area (Å²) in [5.41, 5.74) is 3.87. The number of allylic oxidation sites excluding steroid dienone is 1. The van der Waals surface area contributed by atoms with Crippen LogP contribution >= 0.6 is 0 Å². The van der Waals surface area contributed by atoms with Crippen molar-refractivity contribution in [2.45, 2.75) is 82.3 Å². The minimum atomic E-state index is -4.98. The van der Waals surface area contributed by atoms with Gasteiger partial charge in [0.1, 0.15) is 23.5 Å². The number of amides is 2. The van der Waals surface area contributed by atoms with Crippen LogP contribution in [0.4, 0.5) is 41.3 Å². The highest BCUT2D eigenvalue weighted by molar-refractivity contribution is 5.87. The van der Waals surface area contributed by atoms with Gasteiger partial charge in [-0.25, -0.2) is 23.6 Å². The molecule has 4 aliphatic rings. The van der Waals surface area contributed by atoms with Crippen LogP contribution in [0.5, 0.6) is 0 Å². The second-order valence-electron chi connectivity index (χ2n) is 16.4. The van der Waals surface area contributed by atoms with Crippen molar-refractivity contribution in [1.82, 2.24) is 25.8 Å². The van der Waals surface area contributed by atoms with Crippen LogP contribution in [0.25, 0.3) is 5.70 Å². The Labute approximate surface area is 365 Å². The summed E-state index contributed by atoms with van der Waals surface area (Å²) in [6, 6.07) is 10.3. The number of nitrogens with one attached hydrogen (secondary N) is 3. The fourth-order valence-corrected chi connectivity index (χ4v) is 7.76. The van der Waals surface area contributed by atoms with Gasteiger partial charge in [0.15, 0.2) is 0 Å². The summed E-state index contributed by atoms with van der Waals surface area (Å²) in [5, 5.41) is 18.4. The van der Waals surface area contributed by atoms with Crippen LogP contribution in [0.2, 0.25) is 0 Å². The predicted octanol–water partition coefficient (Wildman–Crippen LogP) is 4.51. The molecule has 5 heterocycles. The number of methoxy groups -OCH3 is 1. The van der Waals surface area contributed by atoms with Gasteiger partial charge < -0.3 is 41.2 Å². The number of piperazine rings is 1. The number of anilines is 1. The molecule has 13 nitrogen and oxygen atoms in total. The molecule has 4 saturated heterocycles. The van der Waals surface area contributed by atoms with Crippen LogP contribution < -0.4 is 26.6 Å². The van der Waals surface area contributed by atoms with E-state index in [4.69, 9.17) is 10.5 Å². The number of aromatic nitrogens is 1. The van der Waals surface area contributed by atoms with E-state index in [0.29, 0.717) is 41.0 Å². The first-order valence-corrected chi connectivity index (χ1v) is 20.4. The van der Waals surface area contributed by atoms with Crippen molar-refractivity contribution in [3.8, 4) is 11.8 Å². The van der Waals surface area contributed by atoms with Gasteiger partial charge in [0.25, 0.3) is 0 Å². The zero-order chi connectivity index (χ0) is 46.3. The number of carbonyl (C=O) groups excluding carboxylic acids is 2. The van der Waals surface area contributed by atoms with Crippen LogP contribution in [-0.4, -0.2) is 122 Å². The van der Waals surface area contributed by atoms with Gasteiger partial charge in [-0.3, -0.25) is 9.69 Å². The molecule has 0 aliphatic carbocycles. The maximum absolute atomic E-state index is 15.0. The Hall–Kier alpha value is -5.75. The third-order valence-corrected chi connectivity index (χ3v) is 11.7. The molecular formula is C44H49F7N8O5. The molecule has 0 spiro atoms. The van der Waals surface area contributed by atoms with Crippen molar-refractivity contribution in [2.75, 3.05) is 44.9 Å². The number of nitrogens with zero attached hydrogens (tertiary/aromatic N) is 4. The molecule has 344 valence electrons. The molecule has 20 heteroatoms. The number of hydrogen-bond acceptors (Lipinski definition) is 11. The van der Waals surface area contributed by atoms with E-state index in [1.54, 1.807) is 30.5 Å². The molecule has 0 saturated carbocycles. The van der Waals surface area contributed by atoms with E-state index in [9.17, 15) is 36.6 Å². The van der Waals surface area contributed by atoms with Crippen LogP contribution in [0.15, 0.2) is 65.8 Å². The minimum absolute atomic E-state index is 0.145. The highest BCUT2D eigenvalue weighted by atomic mass is 19.4. The molecular weight excluding hydrogens is 854 g/mol. The van der Waals surface area contributed by atoms with Crippen molar-refractivity contribution >= 4 is 29.7 Å². The van der Waals surface area contributed by atoms with E-state index in [0.717, 1.165) is 71.3 Å². The van der Waals surface area contributed by atoms with E-state index in [1.807, 2.05) is 17.4 Å². The fourth-order valence-electron chi connectivity index (χ4n) is 7.76. The number of carbonyl (C=O) groups is 2. The van der Waals surface area contributed by atoms with Gasteiger partial charge in [0.2, 0.25) is 5.91 Å². The van der Waals surface area contributed by atoms with E-state index < -0.39 is 78.6 Å². The first kappa shape index (κ1) is 47.7. The largest absolute Gasteiger partial charge is 0.453 e. The van der Waals surface area contributed by atoms with E-state index in [-0.39, 0.29) is 17.7 Å². The quantitative estimate of drug-likeness (QED) is 0.0598. The zero-order valence-electron chi connectivity index (χ0n) is 35.1. The molecule has 4 aliphatic heterocycles. The van der Waals surface area contributed by atoms with E-state index in [2.05, 4.69) is 47.0 Å². The third-order valence-electron chi connectivity index (χ3n) is 11.7. The number of aliphatic hydroxyl groups is 1. The molecule has 5 atom stereocenters. The van der Waals surface area contributed by atoms with Gasteiger partial charge in [0.05, 0.1) is 43.9 Å². The Balaban J connectivity index is 1.13. The molecule has 6 N–H and O–H groups in total. The maximum atomic E-state index is 15.0. The topological polar surface area (TPSA) is 167 Å². The molecule has 64 heavy (non-hydrogen) atoms. The minimum Gasteiger partial charge on any atom is -0.453 e. The Morgan fingerprint density at radius 1 is 1.02 bits per heavy atom. The maximum Gasteiger partial charge on any atom is 0.407 e. The normalized spacial score (nSPS) is 19.6. The Morgan fingerprint density at radius 2 is 1.66 bits per heavy atom. The lowest BCUT2D eigenvalue weighted by Crippen LogP contribution is -2.74. The molecule has 2 amide bonds. The van der Waals surface area contributed by atoms with Crippen molar-refractivity contribution < 1.29 is 54.9 Å². The second kappa shape index (κ2) is 20.4. The van der Waals surface area contributed by atoms with Crippen molar-refractivity contribution in [2.24, 2.45) is 16.1 Å². The molecule has 7 rings (SSSR count). The SMILES string of the molecule is COC(=O)NC(C(=O)N[C@@H](Cc1ccc(C#Cc2ccc(N3CC4CC(C3)N4C3COC3)nc2)cc1)[C@@H](O)CNCc1c(F)cc(C(N)=CC=NC(F)F)cc1F)C(C)(C)C(F)(F)F. The second-order valence-corrected chi connectivity index (χ2v) is 16.4. The Morgan fingerprint density at radius 3 is 2.22 bits per heavy atom. The fraction of sp³-hybridized carbons (Fsp3) is 0.455. The number of benzene rings is 2. The van der Waals surface area contributed by atoms with Gasteiger partial charge >= 0.3 is 18.8 Å². The van der Waals surface area contributed by atoms with Crippen molar-refractivity contribution in [1.29, 1.82) is 0 Å². The number of aliphatic imine (C=N–C) groups is 1. The lowest BCUT2D eigenvalue weighted by atomic mass is 9.82. The monoisotopic (exact) mass is 902 g/mol. The summed E-state index contributed by atoms with van der Waals surface area (Å²) < 4.78 is 107. The average Bonchev–Trinajstić information content (AvgIpc) is 3.23. The molecule has 3 aromatic rings. The lowest BCUT2D eigenvalue weighted by molar-refractivity contribution is -0.220. The zero-order valence-corrected chi connectivity index (χ0v) is 35.1. The highest BCUT2D eigenvalue weighted by Gasteiger charge is 2.56. The summed E-state index contributed by atoms with van der Waals surface area (Å²) in [5.74, 6) is 3.62. The number of halogens is 7. The molecule has 2 bridgehead atoms. The summed E-state index contributed by atoms with van der Waals surface area (Å²) in [4.78, 5) is 38.0. The first-order valence-electron chi connectivity index (χ1n) is 20.4. The van der Waals surface area contributed by atoms with E-state index >= 15 is 8.78 Å². The molecule has 4 fully saturated rings. The average molecular weight is 903 g/mol. The molecule has 2 aromatic carbocycles. The number of fused-ring (bicyclic) bond motifs is 2. The Bertz CT molecular complexity index is 2210. The van der Waals surface area contributed by atoms with Crippen LogP contribution in [0.3, 0.4) is 0 Å². The number of aliphatic hydroxyl groups excluding tert-OH is 1. The third kappa shape index (κ3) is 11.5. The number of nitrogens with two attached hydrogens (primary N) is 1. The van der Waals surface area contributed by atoms with Crippen LogP contribution in [-0.2, 0) is 27.2 Å². The van der Waals surface area contributed by atoms with Gasteiger partial charge in [0, 0.05) is 78.6 Å². The number of rotatable bonds is 16. The summed E-state index contributed by atoms with van der Waals surface area (Å²) >= 11 is 0. The van der Waals surface area contributed by atoms with Crippen molar-refractivity contribution in [3.63, 3.8) is 0 Å². The van der Waals surface area contributed by atoms with E-state index in [1.165, 1.54) is 6.42 Å². The summed E-state index contributed by atoms with van der Waals surface area (Å²) in [6.07, 6.45) is -3.47. The van der Waals surface area contributed by atoms with Crippen LogP contribution in [0.1, 0.15) is 48.1 Å². The number of ether oxygens (including phenoxy) is 2. The van der Waals surface area contributed by atoms with Gasteiger partial charge in [-0.15, -0.1) is 0 Å². The van der Waals surface area contributed by atoms with Gasteiger partial charge in [-0.05, 0) is 74.7 Å². The first-order chi connectivity index (χ1) is 30.3. The molecule has 0 radical (unpaired) electrons. The number of piperidine rings is 1. The lowest BCUT2D eigenvalue weighted by Gasteiger charge is -2.60.